The van der Waals surface area contributed by atoms with Gasteiger partial charge in [0.25, 0.3) is 0 Å². The fourth-order valence-corrected chi connectivity index (χ4v) is 1.00. The van der Waals surface area contributed by atoms with E-state index in [2.05, 4.69) is 0 Å². The Morgan fingerprint density at radius 2 is 2.15 bits per heavy atom. The van der Waals surface area contributed by atoms with Gasteiger partial charge in [-0.1, -0.05) is 24.3 Å². The van der Waals surface area contributed by atoms with Crippen molar-refractivity contribution in [2.45, 2.75) is 6.42 Å². The molecule has 0 radical (unpaired) electrons. The fraction of sp³-hybridized carbons (Fsp3) is 0.200. The van der Waals surface area contributed by atoms with Crippen molar-refractivity contribution in [3.8, 4) is 0 Å². The molecule has 4 N–H and O–H groups in total. The highest BCUT2D eigenvalue weighted by atomic mass is 19.1. The van der Waals surface area contributed by atoms with E-state index in [0.717, 1.165) is 6.42 Å². The van der Waals surface area contributed by atoms with Crippen molar-refractivity contribution in [1.82, 2.24) is 0 Å². The van der Waals surface area contributed by atoms with Crippen LogP contribution in [0.3, 0.4) is 0 Å². The summed E-state index contributed by atoms with van der Waals surface area (Å²) in [7, 11) is 0. The van der Waals surface area contributed by atoms with Gasteiger partial charge in [-0.2, -0.15) is 0 Å². The topological polar surface area (TPSA) is 52.0 Å². The van der Waals surface area contributed by atoms with Gasteiger partial charge in [-0.15, -0.1) is 0 Å². The number of nitrogen functional groups attached to an aromatic ring is 1. The van der Waals surface area contributed by atoms with Gasteiger partial charge < -0.3 is 11.5 Å². The molecule has 2 nitrogen and oxygen atoms in total. The summed E-state index contributed by atoms with van der Waals surface area (Å²) in [6.07, 6.45) is 4.27. The van der Waals surface area contributed by atoms with Crippen LogP contribution in [0.4, 0.5) is 10.1 Å². The summed E-state index contributed by atoms with van der Waals surface area (Å²) in [5.74, 6) is -0.365. The highest BCUT2D eigenvalue weighted by Crippen LogP contribution is 2.15. The molecule has 0 atom stereocenters. The van der Waals surface area contributed by atoms with Gasteiger partial charge in [-0.25, -0.2) is 4.39 Å². The van der Waals surface area contributed by atoms with Crippen LogP contribution in [0, 0.1) is 5.82 Å². The van der Waals surface area contributed by atoms with Gasteiger partial charge in [-0.3, -0.25) is 0 Å². The molecule has 0 saturated heterocycles. The monoisotopic (exact) mass is 180 g/mol. The molecule has 0 aliphatic heterocycles. The largest absolute Gasteiger partial charge is 0.396 e. The molecule has 0 aliphatic rings. The van der Waals surface area contributed by atoms with Crippen LogP contribution in [0.1, 0.15) is 12.0 Å². The quantitative estimate of drug-likeness (QED) is 0.696. The number of hydrogen-bond donors (Lipinski definition) is 2. The molecule has 0 amide bonds. The second kappa shape index (κ2) is 4.62. The van der Waals surface area contributed by atoms with Crippen LogP contribution in [0.5, 0.6) is 0 Å². The van der Waals surface area contributed by atoms with Crippen molar-refractivity contribution in [3.63, 3.8) is 0 Å². The van der Waals surface area contributed by atoms with E-state index in [1.54, 1.807) is 18.2 Å². The van der Waals surface area contributed by atoms with Gasteiger partial charge >= 0.3 is 0 Å². The van der Waals surface area contributed by atoms with Crippen LogP contribution in [0.25, 0.3) is 6.08 Å². The molecular formula is C10H13FN2. The molecule has 1 aromatic carbocycles. The number of halogens is 1. The standard InChI is InChI=1S/C10H13FN2/c11-10-8(4-1-2-7-12)5-3-6-9(10)13/h1,3-6H,2,7,12-13H2. The first-order valence-electron chi connectivity index (χ1n) is 4.16. The molecule has 0 saturated carbocycles. The average molecular weight is 180 g/mol. The smallest absolute Gasteiger partial charge is 0.153 e. The zero-order valence-electron chi connectivity index (χ0n) is 7.33. The van der Waals surface area contributed by atoms with Crippen molar-refractivity contribution in [2.24, 2.45) is 5.73 Å². The highest BCUT2D eigenvalue weighted by Gasteiger charge is 2.00. The van der Waals surface area contributed by atoms with Crippen LogP contribution in [-0.4, -0.2) is 6.54 Å². The van der Waals surface area contributed by atoms with Crippen molar-refractivity contribution in [2.75, 3.05) is 12.3 Å². The lowest BCUT2D eigenvalue weighted by Crippen LogP contribution is -1.95. The van der Waals surface area contributed by atoms with Gasteiger partial charge in [-0.05, 0) is 19.0 Å². The lowest BCUT2D eigenvalue weighted by Gasteiger charge is -1.99. The first kappa shape index (κ1) is 9.74. The maximum atomic E-state index is 13.2. The van der Waals surface area contributed by atoms with Crippen molar-refractivity contribution in [1.29, 1.82) is 0 Å². The van der Waals surface area contributed by atoms with Crippen LogP contribution >= 0.6 is 0 Å². The van der Waals surface area contributed by atoms with Crippen molar-refractivity contribution < 1.29 is 4.39 Å². The third kappa shape index (κ3) is 2.56. The van der Waals surface area contributed by atoms with Crippen LogP contribution < -0.4 is 11.5 Å². The summed E-state index contributed by atoms with van der Waals surface area (Å²) in [4.78, 5) is 0. The van der Waals surface area contributed by atoms with E-state index in [1.807, 2.05) is 6.08 Å². The molecule has 0 spiro atoms. The Morgan fingerprint density at radius 3 is 2.85 bits per heavy atom. The highest BCUT2D eigenvalue weighted by molar-refractivity contribution is 5.56. The van der Waals surface area contributed by atoms with Gasteiger partial charge in [0.15, 0.2) is 5.82 Å². The Bertz CT molecular complexity index is 308. The third-order valence-electron chi connectivity index (χ3n) is 1.69. The summed E-state index contributed by atoms with van der Waals surface area (Å²) in [5.41, 5.74) is 11.4. The molecule has 13 heavy (non-hydrogen) atoms. The Morgan fingerprint density at radius 1 is 1.38 bits per heavy atom. The van der Waals surface area contributed by atoms with E-state index in [4.69, 9.17) is 11.5 Å². The Labute approximate surface area is 77.0 Å². The molecule has 0 heterocycles. The van der Waals surface area contributed by atoms with E-state index in [9.17, 15) is 4.39 Å². The zero-order valence-corrected chi connectivity index (χ0v) is 7.33. The van der Waals surface area contributed by atoms with Gasteiger partial charge in [0.05, 0.1) is 5.69 Å². The lowest BCUT2D eigenvalue weighted by atomic mass is 10.1. The summed E-state index contributed by atoms with van der Waals surface area (Å²) < 4.78 is 13.2. The molecule has 3 heteroatoms. The summed E-state index contributed by atoms with van der Waals surface area (Å²) >= 11 is 0. The summed E-state index contributed by atoms with van der Waals surface area (Å²) in [6.45, 7) is 0.570. The van der Waals surface area contributed by atoms with Crippen molar-refractivity contribution in [3.05, 3.63) is 35.7 Å². The van der Waals surface area contributed by atoms with Crippen LogP contribution in [-0.2, 0) is 0 Å². The van der Waals surface area contributed by atoms with E-state index in [-0.39, 0.29) is 11.5 Å². The van der Waals surface area contributed by atoms with Crippen molar-refractivity contribution >= 4 is 11.8 Å². The molecule has 1 aromatic rings. The second-order valence-electron chi connectivity index (χ2n) is 2.73. The van der Waals surface area contributed by atoms with Gasteiger partial charge in [0, 0.05) is 5.56 Å². The first-order chi connectivity index (χ1) is 6.25. The molecule has 0 aliphatic carbocycles. The molecule has 0 unspecified atom stereocenters. The average Bonchev–Trinajstić information content (AvgIpc) is 2.13. The number of anilines is 1. The Balaban J connectivity index is 2.83. The lowest BCUT2D eigenvalue weighted by molar-refractivity contribution is 0.630. The Hall–Kier alpha value is -1.35. The van der Waals surface area contributed by atoms with Crippen LogP contribution in [0.15, 0.2) is 24.3 Å². The van der Waals surface area contributed by atoms with E-state index >= 15 is 0 Å². The first-order valence-corrected chi connectivity index (χ1v) is 4.16. The minimum absolute atomic E-state index is 0.176. The third-order valence-corrected chi connectivity index (χ3v) is 1.69. The van der Waals surface area contributed by atoms with E-state index in [0.29, 0.717) is 12.1 Å². The number of benzene rings is 1. The van der Waals surface area contributed by atoms with Gasteiger partial charge in [0.1, 0.15) is 0 Å². The van der Waals surface area contributed by atoms with E-state index < -0.39 is 0 Å². The normalized spacial score (nSPS) is 10.9. The van der Waals surface area contributed by atoms with E-state index in [1.165, 1.54) is 6.07 Å². The fourth-order valence-electron chi connectivity index (χ4n) is 1.00. The molecule has 70 valence electrons. The molecule has 0 aromatic heterocycles. The zero-order chi connectivity index (χ0) is 9.68. The summed E-state index contributed by atoms with van der Waals surface area (Å²) in [6, 6.07) is 4.94. The number of rotatable bonds is 3. The number of nitrogens with two attached hydrogens (primary N) is 2. The minimum Gasteiger partial charge on any atom is -0.396 e. The maximum absolute atomic E-state index is 13.2. The number of hydrogen-bond acceptors (Lipinski definition) is 2. The molecule has 1 rings (SSSR count). The molecule has 0 bridgehead atoms. The van der Waals surface area contributed by atoms with Crippen LogP contribution in [0.2, 0.25) is 0 Å². The second-order valence-corrected chi connectivity index (χ2v) is 2.73. The predicted molar refractivity (Wildman–Crippen MR) is 53.5 cm³/mol. The molecule has 0 fully saturated rings. The minimum atomic E-state index is -0.365. The van der Waals surface area contributed by atoms with Gasteiger partial charge in [0.2, 0.25) is 0 Å². The SMILES string of the molecule is NCCC=Cc1cccc(N)c1F. The molecular weight excluding hydrogens is 167 g/mol. The Kier molecular flexibility index (Phi) is 3.46. The maximum Gasteiger partial charge on any atom is 0.153 e. The predicted octanol–water partition coefficient (Wildman–Crippen LogP) is 1.77. The summed E-state index contributed by atoms with van der Waals surface area (Å²) in [5, 5.41) is 0.